The summed E-state index contributed by atoms with van der Waals surface area (Å²) >= 11 is 0. The molecule has 15 heteroatoms. The van der Waals surface area contributed by atoms with Crippen molar-refractivity contribution in [3.8, 4) is 0 Å². The van der Waals surface area contributed by atoms with Crippen LogP contribution in [0.2, 0.25) is 0 Å². The van der Waals surface area contributed by atoms with Gasteiger partial charge in [-0.25, -0.2) is 8.98 Å². The Morgan fingerprint density at radius 3 is 2.44 bits per heavy atom. The Bertz CT molecular complexity index is 723. The number of rotatable bonds is 5. The second-order valence-electron chi connectivity index (χ2n) is 6.03. The van der Waals surface area contributed by atoms with Gasteiger partial charge in [0.25, 0.3) is 0 Å². The maximum Gasteiger partial charge on any atom is 0.397 e. The third-order valence-corrected chi connectivity index (χ3v) is 4.58. The zero-order chi connectivity index (χ0) is 20.7. The average Bonchev–Trinajstić information content (AvgIpc) is 2.54. The Hall–Kier alpha value is -1.56. The van der Waals surface area contributed by atoms with E-state index in [0.717, 1.165) is 0 Å². The zero-order valence-electron chi connectivity index (χ0n) is 13.4. The molecule has 1 saturated heterocycles. The van der Waals surface area contributed by atoms with E-state index in [-0.39, 0.29) is 6.42 Å². The Morgan fingerprint density at radius 1 is 1.33 bits per heavy atom. The lowest BCUT2D eigenvalue weighted by atomic mass is 9.85. The van der Waals surface area contributed by atoms with Crippen LogP contribution in [0.25, 0.3) is 0 Å². The fourth-order valence-corrected chi connectivity index (χ4v) is 3.14. The normalized spacial score (nSPS) is 40.5. The SMILES string of the molecule is N[C@@H]1[C@@H](O)C[C@@H](COS(=O)(=O)O)OC1(O)C1OC(C(=O)O)=C(O)[C@@H](O)[C@@H]1O. The number of carboxylic acid groups (broad SMARTS) is 1. The summed E-state index contributed by atoms with van der Waals surface area (Å²) < 4.78 is 44.0. The molecule has 2 aliphatic heterocycles. The second kappa shape index (κ2) is 7.46. The molecule has 156 valence electrons. The first-order chi connectivity index (χ1) is 12.3. The van der Waals surface area contributed by atoms with Crippen molar-refractivity contribution in [3.63, 3.8) is 0 Å². The standard InChI is InChI=1S/C12H19NO13S/c13-9-4(14)1-3(2-24-27(21,22)23)26-12(9,20)10-7(17)5(15)6(16)8(25-10)11(18)19/h3-5,7,9-10,14-17,20H,1-2,13H2,(H,18,19)(H,21,22,23)/t3-,4-,5+,7-,9+,10?,12?/m0/s1. The van der Waals surface area contributed by atoms with Gasteiger partial charge >= 0.3 is 16.4 Å². The summed E-state index contributed by atoms with van der Waals surface area (Å²) in [6.45, 7) is -0.872. The zero-order valence-corrected chi connectivity index (χ0v) is 14.3. The van der Waals surface area contributed by atoms with Crippen molar-refractivity contribution in [1.82, 2.24) is 0 Å². The lowest BCUT2D eigenvalue weighted by molar-refractivity contribution is -0.342. The Kier molecular flexibility index (Phi) is 6.00. The van der Waals surface area contributed by atoms with Gasteiger partial charge in [0.15, 0.2) is 11.9 Å². The summed E-state index contributed by atoms with van der Waals surface area (Å²) in [6, 6.07) is -1.71. The monoisotopic (exact) mass is 417 g/mol. The van der Waals surface area contributed by atoms with Crippen LogP contribution in [-0.4, -0.2) is 98.5 Å². The Morgan fingerprint density at radius 2 is 1.93 bits per heavy atom. The molecule has 0 saturated carbocycles. The van der Waals surface area contributed by atoms with E-state index in [0.29, 0.717) is 0 Å². The summed E-state index contributed by atoms with van der Waals surface area (Å²) in [7, 11) is -4.88. The van der Waals surface area contributed by atoms with Crippen LogP contribution >= 0.6 is 0 Å². The lowest BCUT2D eigenvalue weighted by Crippen LogP contribution is -2.72. The van der Waals surface area contributed by atoms with Crippen molar-refractivity contribution in [1.29, 1.82) is 0 Å². The maximum atomic E-state index is 11.1. The predicted octanol–water partition coefficient (Wildman–Crippen LogP) is -4.05. The number of aliphatic carboxylic acids is 1. The molecule has 0 amide bonds. The molecule has 14 nitrogen and oxygen atoms in total. The van der Waals surface area contributed by atoms with E-state index in [4.69, 9.17) is 24.9 Å². The Labute approximate surface area is 151 Å². The van der Waals surface area contributed by atoms with Crippen LogP contribution in [0, 0.1) is 0 Å². The summed E-state index contributed by atoms with van der Waals surface area (Å²) in [6.07, 6.45) is -9.77. The highest BCUT2D eigenvalue weighted by Crippen LogP contribution is 2.37. The van der Waals surface area contributed by atoms with Crippen molar-refractivity contribution in [3.05, 3.63) is 11.5 Å². The van der Waals surface area contributed by atoms with Gasteiger partial charge in [0, 0.05) is 6.42 Å². The molecular weight excluding hydrogens is 398 g/mol. The summed E-state index contributed by atoms with van der Waals surface area (Å²) in [5.74, 6) is -7.10. The second-order valence-corrected chi connectivity index (χ2v) is 7.12. The number of ether oxygens (including phenoxy) is 2. The molecule has 0 bridgehead atoms. The third kappa shape index (κ3) is 4.31. The van der Waals surface area contributed by atoms with Gasteiger partial charge in [-0.05, 0) is 0 Å². The molecule has 0 aromatic heterocycles. The molecular formula is C12H19NO13S. The molecule has 0 aromatic rings. The number of hydrogen-bond donors (Lipinski definition) is 8. The van der Waals surface area contributed by atoms with Crippen LogP contribution in [0.3, 0.4) is 0 Å². The van der Waals surface area contributed by atoms with Crippen molar-refractivity contribution in [2.75, 3.05) is 6.61 Å². The molecule has 1 fully saturated rings. The summed E-state index contributed by atoms with van der Waals surface area (Å²) in [5, 5.41) is 59.2. The van der Waals surface area contributed by atoms with E-state index < -0.39 is 76.8 Å². The third-order valence-electron chi connectivity index (χ3n) is 4.15. The van der Waals surface area contributed by atoms with Crippen molar-refractivity contribution >= 4 is 16.4 Å². The first-order valence-corrected chi connectivity index (χ1v) is 8.79. The van der Waals surface area contributed by atoms with E-state index in [1.165, 1.54) is 0 Å². The largest absolute Gasteiger partial charge is 0.506 e. The van der Waals surface area contributed by atoms with E-state index in [9.17, 15) is 38.7 Å². The minimum atomic E-state index is -4.88. The molecule has 2 heterocycles. The molecule has 0 aromatic carbocycles. The van der Waals surface area contributed by atoms with Gasteiger partial charge in [0.1, 0.15) is 12.2 Å². The number of hydrogen-bond acceptors (Lipinski definition) is 12. The van der Waals surface area contributed by atoms with E-state index in [1.807, 2.05) is 0 Å². The smallest absolute Gasteiger partial charge is 0.397 e. The maximum absolute atomic E-state index is 11.1. The Balaban J connectivity index is 2.33. The minimum absolute atomic E-state index is 0.364. The molecule has 0 aliphatic carbocycles. The number of nitrogens with two attached hydrogens (primary N) is 1. The average molecular weight is 417 g/mol. The van der Waals surface area contributed by atoms with Gasteiger partial charge in [0.2, 0.25) is 11.5 Å². The number of carbonyl (C=O) groups is 1. The van der Waals surface area contributed by atoms with Gasteiger partial charge in [-0.3, -0.25) is 4.55 Å². The highest BCUT2D eigenvalue weighted by Gasteiger charge is 2.59. The molecule has 0 radical (unpaired) electrons. The molecule has 9 N–H and O–H groups in total. The molecule has 2 unspecified atom stereocenters. The minimum Gasteiger partial charge on any atom is -0.506 e. The number of aliphatic hydroxyl groups excluding tert-OH is 4. The summed E-state index contributed by atoms with van der Waals surface area (Å²) in [5.41, 5.74) is 5.66. The number of carboxylic acids is 1. The van der Waals surface area contributed by atoms with Crippen LogP contribution < -0.4 is 5.73 Å². The first-order valence-electron chi connectivity index (χ1n) is 7.42. The highest BCUT2D eigenvalue weighted by molar-refractivity contribution is 7.80. The van der Waals surface area contributed by atoms with Gasteiger partial charge in [-0.2, -0.15) is 8.42 Å². The molecule has 27 heavy (non-hydrogen) atoms. The quantitative estimate of drug-likeness (QED) is 0.198. The molecule has 7 atom stereocenters. The topological polar surface area (TPSA) is 247 Å². The van der Waals surface area contributed by atoms with Gasteiger partial charge in [0.05, 0.1) is 24.9 Å². The van der Waals surface area contributed by atoms with Gasteiger partial charge in [-0.1, -0.05) is 0 Å². The van der Waals surface area contributed by atoms with E-state index in [1.54, 1.807) is 0 Å². The van der Waals surface area contributed by atoms with E-state index >= 15 is 0 Å². The van der Waals surface area contributed by atoms with Crippen molar-refractivity contribution in [2.24, 2.45) is 5.73 Å². The van der Waals surface area contributed by atoms with Gasteiger partial charge in [-0.15, -0.1) is 0 Å². The van der Waals surface area contributed by atoms with Gasteiger partial charge < -0.3 is 45.8 Å². The molecule has 2 aliphatic rings. The van der Waals surface area contributed by atoms with Crippen LogP contribution in [0.5, 0.6) is 0 Å². The predicted molar refractivity (Wildman–Crippen MR) is 80.1 cm³/mol. The summed E-state index contributed by atoms with van der Waals surface area (Å²) in [4.78, 5) is 11.1. The van der Waals surface area contributed by atoms with E-state index in [2.05, 4.69) is 4.18 Å². The highest BCUT2D eigenvalue weighted by atomic mass is 32.3. The van der Waals surface area contributed by atoms with Crippen LogP contribution in [0.1, 0.15) is 6.42 Å². The number of aliphatic hydroxyl groups is 5. The lowest BCUT2D eigenvalue weighted by Gasteiger charge is -2.49. The van der Waals surface area contributed by atoms with Crippen LogP contribution in [0.4, 0.5) is 0 Å². The van der Waals surface area contributed by atoms with Crippen molar-refractivity contribution < 1.29 is 62.1 Å². The fraction of sp³-hybridized carbons (Fsp3) is 0.750. The molecule has 2 rings (SSSR count). The van der Waals surface area contributed by atoms with Crippen molar-refractivity contribution in [2.45, 2.75) is 48.8 Å². The van der Waals surface area contributed by atoms with Crippen LogP contribution in [0.15, 0.2) is 11.5 Å². The first kappa shape index (κ1) is 21.7. The molecule has 0 spiro atoms. The fourth-order valence-electron chi connectivity index (χ4n) is 2.81. The van der Waals surface area contributed by atoms with Crippen LogP contribution in [-0.2, 0) is 28.9 Å².